The smallest absolute Gasteiger partial charge is 0.338 e. The number of esters is 1. The topological polar surface area (TPSA) is 51.2 Å². The SMILES string of the molecule is CCOC(=O)c1ccc(CCN2CCN(CC(C)Oc3ccc(OC)cc3)CC2)cc1. The molecule has 0 aromatic heterocycles. The van der Waals surface area contributed by atoms with E-state index in [2.05, 4.69) is 16.7 Å². The minimum Gasteiger partial charge on any atom is -0.497 e. The highest BCUT2D eigenvalue weighted by Gasteiger charge is 2.19. The molecular formula is C25H34N2O4. The number of carbonyl (C=O) groups is 1. The molecule has 0 bridgehead atoms. The van der Waals surface area contributed by atoms with Crippen LogP contribution in [0.15, 0.2) is 48.5 Å². The molecule has 1 heterocycles. The van der Waals surface area contributed by atoms with E-state index in [1.165, 1.54) is 5.56 Å². The van der Waals surface area contributed by atoms with Gasteiger partial charge in [0.2, 0.25) is 0 Å². The standard InChI is InChI=1S/C25H34N2O4/c1-4-30-25(28)22-7-5-21(6-8-22)13-14-26-15-17-27(18-16-26)19-20(2)31-24-11-9-23(29-3)10-12-24/h5-12,20H,4,13-19H2,1-3H3. The van der Waals surface area contributed by atoms with Crippen LogP contribution in [0, 0.1) is 0 Å². The van der Waals surface area contributed by atoms with Crippen molar-refractivity contribution in [2.24, 2.45) is 0 Å². The van der Waals surface area contributed by atoms with E-state index >= 15 is 0 Å². The third-order valence-corrected chi connectivity index (χ3v) is 5.56. The van der Waals surface area contributed by atoms with Crippen molar-refractivity contribution < 1.29 is 19.0 Å². The second kappa shape index (κ2) is 11.7. The van der Waals surface area contributed by atoms with Gasteiger partial charge in [-0.25, -0.2) is 4.79 Å². The van der Waals surface area contributed by atoms with Crippen LogP contribution in [-0.4, -0.2) is 74.9 Å². The van der Waals surface area contributed by atoms with E-state index < -0.39 is 0 Å². The molecule has 6 heteroatoms. The summed E-state index contributed by atoms with van der Waals surface area (Å²) in [5, 5.41) is 0. The molecule has 0 N–H and O–H groups in total. The van der Waals surface area contributed by atoms with Crippen LogP contribution in [0.4, 0.5) is 0 Å². The number of nitrogens with zero attached hydrogens (tertiary/aromatic N) is 2. The molecule has 1 saturated heterocycles. The molecule has 1 aliphatic rings. The van der Waals surface area contributed by atoms with Crippen molar-refractivity contribution in [3.05, 3.63) is 59.7 Å². The molecule has 0 saturated carbocycles. The van der Waals surface area contributed by atoms with Crippen molar-refractivity contribution in [1.82, 2.24) is 9.80 Å². The number of piperazine rings is 1. The number of methoxy groups -OCH3 is 1. The number of hydrogen-bond donors (Lipinski definition) is 0. The van der Waals surface area contributed by atoms with Crippen LogP contribution in [-0.2, 0) is 11.2 Å². The predicted molar refractivity (Wildman–Crippen MR) is 122 cm³/mol. The largest absolute Gasteiger partial charge is 0.497 e. The molecule has 168 valence electrons. The minimum absolute atomic E-state index is 0.137. The lowest BCUT2D eigenvalue weighted by Crippen LogP contribution is -2.49. The lowest BCUT2D eigenvalue weighted by Gasteiger charge is -2.35. The summed E-state index contributed by atoms with van der Waals surface area (Å²) < 4.78 is 16.3. The third kappa shape index (κ3) is 7.26. The lowest BCUT2D eigenvalue weighted by molar-refractivity contribution is 0.0526. The minimum atomic E-state index is -0.254. The number of rotatable bonds is 10. The number of benzene rings is 2. The predicted octanol–water partition coefficient (Wildman–Crippen LogP) is 3.50. The van der Waals surface area contributed by atoms with Crippen LogP contribution in [0.2, 0.25) is 0 Å². The van der Waals surface area contributed by atoms with Gasteiger partial charge in [0.1, 0.15) is 17.6 Å². The number of carbonyl (C=O) groups excluding carboxylic acids is 1. The van der Waals surface area contributed by atoms with Gasteiger partial charge in [0, 0.05) is 39.3 Å². The zero-order valence-electron chi connectivity index (χ0n) is 18.9. The summed E-state index contributed by atoms with van der Waals surface area (Å²) in [5.74, 6) is 1.46. The first-order valence-electron chi connectivity index (χ1n) is 11.1. The lowest BCUT2D eigenvalue weighted by atomic mass is 10.1. The van der Waals surface area contributed by atoms with Gasteiger partial charge < -0.3 is 19.1 Å². The van der Waals surface area contributed by atoms with Crippen molar-refractivity contribution in [3.63, 3.8) is 0 Å². The molecule has 1 unspecified atom stereocenters. The van der Waals surface area contributed by atoms with Gasteiger partial charge in [-0.05, 0) is 62.2 Å². The molecule has 1 atom stereocenters. The van der Waals surface area contributed by atoms with E-state index in [0.29, 0.717) is 12.2 Å². The number of hydrogen-bond acceptors (Lipinski definition) is 6. The van der Waals surface area contributed by atoms with Crippen molar-refractivity contribution in [1.29, 1.82) is 0 Å². The van der Waals surface area contributed by atoms with Crippen molar-refractivity contribution in [2.75, 3.05) is 53.0 Å². The van der Waals surface area contributed by atoms with Gasteiger partial charge in [-0.1, -0.05) is 12.1 Å². The van der Waals surface area contributed by atoms with Gasteiger partial charge in [-0.3, -0.25) is 4.90 Å². The first kappa shape index (κ1) is 23.1. The first-order chi connectivity index (χ1) is 15.1. The molecule has 2 aromatic carbocycles. The zero-order chi connectivity index (χ0) is 22.1. The van der Waals surface area contributed by atoms with E-state index in [0.717, 1.165) is 57.2 Å². The van der Waals surface area contributed by atoms with E-state index in [1.807, 2.05) is 55.5 Å². The van der Waals surface area contributed by atoms with Crippen LogP contribution in [0.5, 0.6) is 11.5 Å². The molecule has 1 fully saturated rings. The Hall–Kier alpha value is -2.57. The fraction of sp³-hybridized carbons (Fsp3) is 0.480. The summed E-state index contributed by atoms with van der Waals surface area (Å²) in [6.45, 7) is 10.5. The molecular weight excluding hydrogens is 392 g/mol. The Morgan fingerprint density at radius 2 is 1.55 bits per heavy atom. The Morgan fingerprint density at radius 1 is 0.935 bits per heavy atom. The molecule has 6 nitrogen and oxygen atoms in total. The van der Waals surface area contributed by atoms with Gasteiger partial charge in [0.15, 0.2) is 0 Å². The Bertz CT molecular complexity index is 799. The summed E-state index contributed by atoms with van der Waals surface area (Å²) in [5.41, 5.74) is 1.86. The average Bonchev–Trinajstić information content (AvgIpc) is 2.79. The second-order valence-corrected chi connectivity index (χ2v) is 7.91. The maximum absolute atomic E-state index is 11.7. The Balaban J connectivity index is 1.36. The highest BCUT2D eigenvalue weighted by atomic mass is 16.5. The van der Waals surface area contributed by atoms with Crippen LogP contribution >= 0.6 is 0 Å². The third-order valence-electron chi connectivity index (χ3n) is 5.56. The highest BCUT2D eigenvalue weighted by Crippen LogP contribution is 2.18. The summed E-state index contributed by atoms with van der Waals surface area (Å²) in [6, 6.07) is 15.5. The Kier molecular flexibility index (Phi) is 8.74. The van der Waals surface area contributed by atoms with E-state index in [-0.39, 0.29) is 12.1 Å². The Labute approximate surface area is 185 Å². The van der Waals surface area contributed by atoms with Gasteiger partial charge >= 0.3 is 5.97 Å². The molecule has 3 rings (SSSR count). The molecule has 2 aromatic rings. The van der Waals surface area contributed by atoms with E-state index in [9.17, 15) is 4.79 Å². The maximum atomic E-state index is 11.7. The fourth-order valence-corrected chi connectivity index (χ4v) is 3.79. The molecule has 1 aliphatic heterocycles. The van der Waals surface area contributed by atoms with E-state index in [4.69, 9.17) is 14.2 Å². The maximum Gasteiger partial charge on any atom is 0.338 e. The van der Waals surface area contributed by atoms with Crippen LogP contribution in [0.3, 0.4) is 0 Å². The second-order valence-electron chi connectivity index (χ2n) is 7.91. The molecule has 0 aliphatic carbocycles. The summed E-state index contributed by atoms with van der Waals surface area (Å²) in [4.78, 5) is 16.7. The fourth-order valence-electron chi connectivity index (χ4n) is 3.79. The van der Waals surface area contributed by atoms with Crippen LogP contribution in [0.1, 0.15) is 29.8 Å². The van der Waals surface area contributed by atoms with Gasteiger partial charge in [-0.2, -0.15) is 0 Å². The molecule has 31 heavy (non-hydrogen) atoms. The highest BCUT2D eigenvalue weighted by molar-refractivity contribution is 5.89. The van der Waals surface area contributed by atoms with Gasteiger partial charge in [0.05, 0.1) is 19.3 Å². The van der Waals surface area contributed by atoms with Crippen LogP contribution in [0.25, 0.3) is 0 Å². The average molecular weight is 427 g/mol. The molecule has 0 amide bonds. The number of ether oxygens (including phenoxy) is 3. The van der Waals surface area contributed by atoms with Crippen molar-refractivity contribution in [3.8, 4) is 11.5 Å². The van der Waals surface area contributed by atoms with E-state index in [1.54, 1.807) is 7.11 Å². The summed E-state index contributed by atoms with van der Waals surface area (Å²) in [6.07, 6.45) is 1.12. The normalized spacial score (nSPS) is 16.0. The van der Waals surface area contributed by atoms with Crippen molar-refractivity contribution >= 4 is 5.97 Å². The monoisotopic (exact) mass is 426 g/mol. The summed E-state index contributed by atoms with van der Waals surface area (Å²) in [7, 11) is 1.67. The first-order valence-corrected chi connectivity index (χ1v) is 11.1. The Morgan fingerprint density at radius 3 is 2.16 bits per heavy atom. The quantitative estimate of drug-likeness (QED) is 0.542. The molecule has 0 radical (unpaired) electrons. The van der Waals surface area contributed by atoms with Crippen molar-refractivity contribution in [2.45, 2.75) is 26.4 Å². The van der Waals surface area contributed by atoms with Crippen LogP contribution < -0.4 is 9.47 Å². The van der Waals surface area contributed by atoms with Gasteiger partial charge in [-0.15, -0.1) is 0 Å². The zero-order valence-corrected chi connectivity index (χ0v) is 18.9. The molecule has 0 spiro atoms. The summed E-state index contributed by atoms with van der Waals surface area (Å²) >= 11 is 0. The van der Waals surface area contributed by atoms with Gasteiger partial charge in [0.25, 0.3) is 0 Å².